The van der Waals surface area contributed by atoms with Crippen LogP contribution in [-0.4, -0.2) is 21.0 Å². The monoisotopic (exact) mass is 339 g/mol. The summed E-state index contributed by atoms with van der Waals surface area (Å²) in [5.74, 6) is 0.685. The van der Waals surface area contributed by atoms with Crippen LogP contribution >= 0.6 is 15.9 Å². The van der Waals surface area contributed by atoms with Gasteiger partial charge in [-0.3, -0.25) is 4.40 Å². The number of benzene rings is 1. The Hall–Kier alpha value is -2.02. The maximum atomic E-state index is 12.1. The number of alkyl halides is 2. The van der Waals surface area contributed by atoms with Gasteiger partial charge in [0.25, 0.3) is 0 Å². The zero-order valence-corrected chi connectivity index (χ0v) is 11.6. The summed E-state index contributed by atoms with van der Waals surface area (Å²) in [6.45, 7) is -2.82. The zero-order valence-electron chi connectivity index (χ0n) is 10.0. The molecule has 2 aromatic heterocycles. The molecule has 3 aromatic rings. The van der Waals surface area contributed by atoms with Crippen LogP contribution in [0.2, 0.25) is 0 Å². The fraction of sp³-hybridized carbons (Fsp3) is 0.0769. The molecule has 102 valence electrons. The van der Waals surface area contributed by atoms with E-state index in [1.54, 1.807) is 22.7 Å². The van der Waals surface area contributed by atoms with Crippen LogP contribution in [0.1, 0.15) is 0 Å². The largest absolute Gasteiger partial charge is 0.435 e. The smallest absolute Gasteiger partial charge is 0.387 e. The van der Waals surface area contributed by atoms with Gasteiger partial charge in [-0.15, -0.1) is 0 Å². The van der Waals surface area contributed by atoms with Crippen molar-refractivity contribution in [2.24, 2.45) is 0 Å². The summed E-state index contributed by atoms with van der Waals surface area (Å²) in [6, 6.07) is 6.31. The first-order chi connectivity index (χ1) is 9.61. The molecule has 0 aliphatic carbocycles. The molecule has 7 heteroatoms. The summed E-state index contributed by atoms with van der Waals surface area (Å²) in [7, 11) is 0. The molecule has 20 heavy (non-hydrogen) atoms. The molecular weight excluding hydrogens is 332 g/mol. The third-order valence-corrected chi connectivity index (χ3v) is 3.06. The Morgan fingerprint density at radius 2 is 1.90 bits per heavy atom. The molecule has 0 fully saturated rings. The van der Waals surface area contributed by atoms with Crippen molar-refractivity contribution < 1.29 is 13.5 Å². The zero-order chi connectivity index (χ0) is 14.1. The third kappa shape index (κ3) is 2.62. The van der Waals surface area contributed by atoms with Crippen LogP contribution in [-0.2, 0) is 0 Å². The van der Waals surface area contributed by atoms with E-state index in [4.69, 9.17) is 0 Å². The summed E-state index contributed by atoms with van der Waals surface area (Å²) >= 11 is 3.33. The predicted molar refractivity (Wildman–Crippen MR) is 72.8 cm³/mol. The van der Waals surface area contributed by atoms with Gasteiger partial charge in [-0.05, 0) is 40.2 Å². The number of rotatable bonds is 3. The molecule has 0 radical (unpaired) electrons. The minimum Gasteiger partial charge on any atom is -0.435 e. The molecule has 0 unspecified atom stereocenters. The lowest BCUT2D eigenvalue weighted by molar-refractivity contribution is -0.0498. The van der Waals surface area contributed by atoms with E-state index in [1.165, 1.54) is 12.1 Å². The second kappa shape index (κ2) is 5.16. The van der Waals surface area contributed by atoms with E-state index >= 15 is 0 Å². The minimum atomic E-state index is -2.82. The summed E-state index contributed by atoms with van der Waals surface area (Å²) in [5.41, 5.74) is 1.51. The van der Waals surface area contributed by atoms with Crippen molar-refractivity contribution in [3.8, 4) is 17.0 Å². The van der Waals surface area contributed by atoms with Gasteiger partial charge >= 0.3 is 6.61 Å². The summed E-state index contributed by atoms with van der Waals surface area (Å²) in [4.78, 5) is 8.52. The van der Waals surface area contributed by atoms with Crippen LogP contribution in [0.3, 0.4) is 0 Å². The Morgan fingerprint density at radius 3 is 2.60 bits per heavy atom. The number of ether oxygens (including phenoxy) is 1. The number of fused-ring (bicyclic) bond motifs is 1. The maximum absolute atomic E-state index is 12.1. The fourth-order valence-electron chi connectivity index (χ4n) is 1.81. The van der Waals surface area contributed by atoms with Crippen molar-refractivity contribution in [3.05, 3.63) is 47.3 Å². The maximum Gasteiger partial charge on any atom is 0.387 e. The second-order valence-electron chi connectivity index (χ2n) is 4.01. The molecule has 2 heterocycles. The van der Waals surface area contributed by atoms with E-state index in [0.29, 0.717) is 11.5 Å². The molecule has 0 spiro atoms. The number of hydrogen-bond acceptors (Lipinski definition) is 3. The van der Waals surface area contributed by atoms with Crippen LogP contribution in [0.4, 0.5) is 8.78 Å². The van der Waals surface area contributed by atoms with Crippen molar-refractivity contribution in [1.82, 2.24) is 14.4 Å². The first kappa shape index (κ1) is 13.0. The lowest BCUT2D eigenvalue weighted by Crippen LogP contribution is -2.01. The highest BCUT2D eigenvalue weighted by Crippen LogP contribution is 2.23. The van der Waals surface area contributed by atoms with Gasteiger partial charge < -0.3 is 4.74 Å². The second-order valence-corrected chi connectivity index (χ2v) is 4.92. The van der Waals surface area contributed by atoms with E-state index in [0.717, 1.165) is 10.0 Å². The third-order valence-electron chi connectivity index (χ3n) is 2.65. The Kier molecular flexibility index (Phi) is 3.35. The standard InChI is InChI=1S/C13H8BrF2N3O/c14-9-5-17-13-18-11(7-19(13)6-9)8-1-3-10(4-2-8)20-12(15)16/h1-7,12H. The average molecular weight is 340 g/mol. The summed E-state index contributed by atoms with van der Waals surface area (Å²) in [5, 5.41) is 0. The Morgan fingerprint density at radius 1 is 1.15 bits per heavy atom. The fourth-order valence-corrected chi connectivity index (χ4v) is 2.13. The summed E-state index contributed by atoms with van der Waals surface area (Å²) in [6.07, 6.45) is 5.31. The van der Waals surface area contributed by atoms with Crippen LogP contribution in [0.5, 0.6) is 5.75 Å². The number of imidazole rings is 1. The molecule has 0 saturated heterocycles. The van der Waals surface area contributed by atoms with Gasteiger partial charge in [0.15, 0.2) is 0 Å². The van der Waals surface area contributed by atoms with Gasteiger partial charge in [0.1, 0.15) is 5.75 Å². The predicted octanol–water partition coefficient (Wildman–Crippen LogP) is 3.76. The first-order valence-corrected chi connectivity index (χ1v) is 6.46. The van der Waals surface area contributed by atoms with E-state index in [1.807, 2.05) is 12.4 Å². The van der Waals surface area contributed by atoms with Crippen molar-refractivity contribution in [3.63, 3.8) is 0 Å². The van der Waals surface area contributed by atoms with E-state index in [-0.39, 0.29) is 5.75 Å². The summed E-state index contributed by atoms with van der Waals surface area (Å²) < 4.78 is 31.1. The Labute approximate surface area is 121 Å². The van der Waals surface area contributed by atoms with Crippen molar-refractivity contribution >= 4 is 21.7 Å². The number of hydrogen-bond donors (Lipinski definition) is 0. The van der Waals surface area contributed by atoms with Crippen LogP contribution < -0.4 is 4.74 Å². The molecule has 0 aliphatic heterocycles. The topological polar surface area (TPSA) is 39.4 Å². The molecule has 0 atom stereocenters. The minimum absolute atomic E-state index is 0.119. The molecular formula is C13H8BrF2N3O. The average Bonchev–Trinajstić information content (AvgIpc) is 2.81. The van der Waals surface area contributed by atoms with E-state index < -0.39 is 6.61 Å². The van der Waals surface area contributed by atoms with Crippen molar-refractivity contribution in [2.45, 2.75) is 6.61 Å². The van der Waals surface area contributed by atoms with Gasteiger partial charge in [-0.25, -0.2) is 9.97 Å². The van der Waals surface area contributed by atoms with Crippen LogP contribution in [0.25, 0.3) is 17.0 Å². The molecule has 0 aliphatic rings. The van der Waals surface area contributed by atoms with Crippen LogP contribution in [0.15, 0.2) is 47.3 Å². The van der Waals surface area contributed by atoms with E-state index in [2.05, 4.69) is 30.6 Å². The van der Waals surface area contributed by atoms with E-state index in [9.17, 15) is 8.78 Å². The van der Waals surface area contributed by atoms with Gasteiger partial charge in [0, 0.05) is 24.2 Å². The normalized spacial score (nSPS) is 11.2. The number of nitrogens with zero attached hydrogens (tertiary/aromatic N) is 3. The molecule has 0 saturated carbocycles. The molecule has 3 rings (SSSR count). The number of halogens is 3. The quantitative estimate of drug-likeness (QED) is 0.729. The number of aromatic nitrogens is 3. The van der Waals surface area contributed by atoms with Gasteiger partial charge in [-0.1, -0.05) is 0 Å². The van der Waals surface area contributed by atoms with Gasteiger partial charge in [0.2, 0.25) is 5.78 Å². The lowest BCUT2D eigenvalue weighted by Gasteiger charge is -2.04. The molecule has 4 nitrogen and oxygen atoms in total. The Bertz CT molecular complexity index is 743. The van der Waals surface area contributed by atoms with Gasteiger partial charge in [0.05, 0.1) is 10.2 Å². The molecule has 1 aromatic carbocycles. The van der Waals surface area contributed by atoms with Crippen LogP contribution in [0, 0.1) is 0 Å². The highest BCUT2D eigenvalue weighted by Gasteiger charge is 2.07. The lowest BCUT2D eigenvalue weighted by atomic mass is 10.2. The SMILES string of the molecule is FC(F)Oc1ccc(-c2cn3cc(Br)cnc3n2)cc1. The van der Waals surface area contributed by atoms with Crippen molar-refractivity contribution in [2.75, 3.05) is 0 Å². The molecule has 0 amide bonds. The van der Waals surface area contributed by atoms with Gasteiger partial charge in [-0.2, -0.15) is 8.78 Å². The van der Waals surface area contributed by atoms with Crippen molar-refractivity contribution in [1.29, 1.82) is 0 Å². The first-order valence-electron chi connectivity index (χ1n) is 5.67. The highest BCUT2D eigenvalue weighted by molar-refractivity contribution is 9.10. The Balaban J connectivity index is 1.94. The highest BCUT2D eigenvalue weighted by atomic mass is 79.9. The molecule has 0 bridgehead atoms. The molecule has 0 N–H and O–H groups in total.